The molecule has 0 amide bonds. The first kappa shape index (κ1) is 10.2. The van der Waals surface area contributed by atoms with Crippen LogP contribution < -0.4 is 5.73 Å². The van der Waals surface area contributed by atoms with Gasteiger partial charge in [0, 0.05) is 12.7 Å². The lowest BCUT2D eigenvalue weighted by atomic mass is 10.3. The van der Waals surface area contributed by atoms with Crippen molar-refractivity contribution in [1.29, 1.82) is 0 Å². The van der Waals surface area contributed by atoms with Crippen LogP contribution in [0.2, 0.25) is 5.02 Å². The van der Waals surface area contributed by atoms with Crippen molar-refractivity contribution in [3.8, 4) is 0 Å². The number of anilines is 1. The number of unbranched alkanes of at least 4 members (excludes halogenated alkanes) is 1. The fraction of sp³-hybridized carbons (Fsp3) is 0.400. The predicted molar refractivity (Wildman–Crippen MR) is 61.9 cm³/mol. The molecule has 0 unspecified atom stereocenters. The smallest absolute Gasteiger partial charge is 0.202 e. The lowest BCUT2D eigenvalue weighted by Crippen LogP contribution is -2.03. The molecule has 0 bridgehead atoms. The molecule has 0 aromatic carbocycles. The van der Waals surface area contributed by atoms with E-state index in [1.54, 1.807) is 12.3 Å². The van der Waals surface area contributed by atoms with Crippen LogP contribution in [0.1, 0.15) is 19.8 Å². The Hall–Kier alpha value is -1.29. The van der Waals surface area contributed by atoms with Crippen LogP contribution in [0.3, 0.4) is 0 Å². The van der Waals surface area contributed by atoms with Crippen LogP contribution in [0.4, 0.5) is 5.95 Å². The molecule has 2 aromatic rings. The average Bonchev–Trinajstić information content (AvgIpc) is 2.50. The SMILES string of the molecule is CCCCn1c(N)nc2cc(Cl)cnc21. The number of nitrogens with zero attached hydrogens (tertiary/aromatic N) is 3. The molecule has 0 radical (unpaired) electrons. The number of aromatic nitrogens is 3. The summed E-state index contributed by atoms with van der Waals surface area (Å²) in [5, 5.41) is 0.586. The highest BCUT2D eigenvalue weighted by Gasteiger charge is 2.08. The molecule has 0 fully saturated rings. The molecule has 0 atom stereocenters. The predicted octanol–water partition coefficient (Wildman–Crippen LogP) is 2.47. The lowest BCUT2D eigenvalue weighted by Gasteiger charge is -2.03. The third-order valence-corrected chi connectivity index (χ3v) is 2.52. The average molecular weight is 225 g/mol. The number of halogens is 1. The van der Waals surface area contributed by atoms with Gasteiger partial charge in [0.15, 0.2) is 5.65 Å². The Kier molecular flexibility index (Phi) is 2.77. The Labute approximate surface area is 93.1 Å². The molecule has 15 heavy (non-hydrogen) atoms. The van der Waals surface area contributed by atoms with Gasteiger partial charge < -0.3 is 5.73 Å². The number of rotatable bonds is 3. The minimum absolute atomic E-state index is 0.508. The second kappa shape index (κ2) is 4.06. The van der Waals surface area contributed by atoms with Crippen LogP contribution >= 0.6 is 11.6 Å². The highest BCUT2D eigenvalue weighted by atomic mass is 35.5. The van der Waals surface area contributed by atoms with Gasteiger partial charge in [0.2, 0.25) is 5.95 Å². The molecule has 0 saturated carbocycles. The van der Waals surface area contributed by atoms with Gasteiger partial charge in [0.1, 0.15) is 5.52 Å². The third kappa shape index (κ3) is 1.90. The van der Waals surface area contributed by atoms with Gasteiger partial charge in [0.25, 0.3) is 0 Å². The summed E-state index contributed by atoms with van der Waals surface area (Å²) < 4.78 is 1.93. The monoisotopic (exact) mass is 224 g/mol. The number of fused-ring (bicyclic) bond motifs is 1. The Morgan fingerprint density at radius 1 is 1.53 bits per heavy atom. The largest absolute Gasteiger partial charge is 0.369 e. The van der Waals surface area contributed by atoms with Crippen LogP contribution in [0.15, 0.2) is 12.3 Å². The van der Waals surface area contributed by atoms with Crippen molar-refractivity contribution in [2.75, 3.05) is 5.73 Å². The standard InChI is InChI=1S/C10H13ClN4/c1-2-3-4-15-9-8(14-10(15)12)5-7(11)6-13-9/h5-6H,2-4H2,1H3,(H2,12,14). The minimum Gasteiger partial charge on any atom is -0.369 e. The summed E-state index contributed by atoms with van der Waals surface area (Å²) in [6.45, 7) is 2.99. The molecule has 4 nitrogen and oxygen atoms in total. The van der Waals surface area contributed by atoms with Gasteiger partial charge >= 0.3 is 0 Å². The van der Waals surface area contributed by atoms with E-state index in [2.05, 4.69) is 16.9 Å². The summed E-state index contributed by atoms with van der Waals surface area (Å²) in [5.74, 6) is 0.508. The molecule has 2 aromatic heterocycles. The first-order valence-corrected chi connectivity index (χ1v) is 5.37. The lowest BCUT2D eigenvalue weighted by molar-refractivity contribution is 0.649. The zero-order valence-corrected chi connectivity index (χ0v) is 9.33. The Balaban J connectivity index is 2.48. The van der Waals surface area contributed by atoms with E-state index in [0.29, 0.717) is 11.0 Å². The van der Waals surface area contributed by atoms with Gasteiger partial charge in [-0.15, -0.1) is 0 Å². The summed E-state index contributed by atoms with van der Waals surface area (Å²) in [6, 6.07) is 1.78. The van der Waals surface area contributed by atoms with E-state index in [1.807, 2.05) is 4.57 Å². The summed E-state index contributed by atoms with van der Waals surface area (Å²) >= 11 is 5.83. The van der Waals surface area contributed by atoms with Gasteiger partial charge in [-0.3, -0.25) is 4.57 Å². The molecule has 0 aliphatic rings. The van der Waals surface area contributed by atoms with Crippen LogP contribution in [-0.4, -0.2) is 14.5 Å². The number of nitrogen functional groups attached to an aromatic ring is 1. The third-order valence-electron chi connectivity index (χ3n) is 2.32. The molecule has 2 heterocycles. The molecule has 0 saturated heterocycles. The van der Waals surface area contributed by atoms with Gasteiger partial charge in [-0.2, -0.15) is 0 Å². The maximum absolute atomic E-state index is 5.83. The molecule has 0 spiro atoms. The molecule has 0 aliphatic carbocycles. The number of nitrogens with two attached hydrogens (primary N) is 1. The number of hydrogen-bond acceptors (Lipinski definition) is 3. The van der Waals surface area contributed by atoms with Gasteiger partial charge in [-0.25, -0.2) is 9.97 Å². The van der Waals surface area contributed by atoms with Crippen molar-refractivity contribution in [3.05, 3.63) is 17.3 Å². The zero-order valence-electron chi connectivity index (χ0n) is 8.57. The first-order chi connectivity index (χ1) is 7.22. The second-order valence-electron chi connectivity index (χ2n) is 3.47. The maximum Gasteiger partial charge on any atom is 0.202 e. The normalized spacial score (nSPS) is 11.1. The first-order valence-electron chi connectivity index (χ1n) is 4.99. The van der Waals surface area contributed by atoms with E-state index >= 15 is 0 Å². The van der Waals surface area contributed by atoms with Crippen molar-refractivity contribution in [2.45, 2.75) is 26.3 Å². The number of aryl methyl sites for hydroxylation is 1. The van der Waals surface area contributed by atoms with Crippen molar-refractivity contribution >= 4 is 28.7 Å². The Morgan fingerprint density at radius 3 is 3.07 bits per heavy atom. The van der Waals surface area contributed by atoms with Crippen molar-refractivity contribution in [2.24, 2.45) is 0 Å². The van der Waals surface area contributed by atoms with Crippen LogP contribution in [0, 0.1) is 0 Å². The Morgan fingerprint density at radius 2 is 2.33 bits per heavy atom. The number of imidazole rings is 1. The fourth-order valence-electron chi connectivity index (χ4n) is 1.54. The van der Waals surface area contributed by atoms with Gasteiger partial charge in [-0.1, -0.05) is 24.9 Å². The van der Waals surface area contributed by atoms with Crippen molar-refractivity contribution in [3.63, 3.8) is 0 Å². The molecular formula is C10H13ClN4. The molecule has 2 N–H and O–H groups in total. The quantitative estimate of drug-likeness (QED) is 0.872. The topological polar surface area (TPSA) is 56.7 Å². The second-order valence-corrected chi connectivity index (χ2v) is 3.91. The molecule has 0 aliphatic heterocycles. The number of hydrogen-bond donors (Lipinski definition) is 1. The highest BCUT2D eigenvalue weighted by molar-refractivity contribution is 6.31. The molecule has 2 rings (SSSR count). The summed E-state index contributed by atoms with van der Waals surface area (Å²) in [7, 11) is 0. The maximum atomic E-state index is 5.83. The van der Waals surface area contributed by atoms with Gasteiger partial charge in [-0.05, 0) is 12.5 Å². The van der Waals surface area contributed by atoms with E-state index in [1.165, 1.54) is 0 Å². The fourth-order valence-corrected chi connectivity index (χ4v) is 1.69. The van der Waals surface area contributed by atoms with E-state index in [-0.39, 0.29) is 0 Å². The van der Waals surface area contributed by atoms with Gasteiger partial charge in [0.05, 0.1) is 5.02 Å². The Bertz CT molecular complexity index is 477. The highest BCUT2D eigenvalue weighted by Crippen LogP contribution is 2.19. The molecular weight excluding hydrogens is 212 g/mol. The zero-order chi connectivity index (χ0) is 10.8. The van der Waals surface area contributed by atoms with E-state index in [0.717, 1.165) is 30.6 Å². The molecule has 80 valence electrons. The van der Waals surface area contributed by atoms with Crippen molar-refractivity contribution in [1.82, 2.24) is 14.5 Å². The number of pyridine rings is 1. The molecule has 5 heteroatoms. The van der Waals surface area contributed by atoms with Crippen molar-refractivity contribution < 1.29 is 0 Å². The van der Waals surface area contributed by atoms with Crippen LogP contribution in [-0.2, 0) is 6.54 Å². The van der Waals surface area contributed by atoms with Crippen LogP contribution in [0.25, 0.3) is 11.2 Å². The van der Waals surface area contributed by atoms with E-state index in [9.17, 15) is 0 Å². The summed E-state index contributed by atoms with van der Waals surface area (Å²) in [4.78, 5) is 8.46. The van der Waals surface area contributed by atoms with E-state index < -0.39 is 0 Å². The summed E-state index contributed by atoms with van der Waals surface area (Å²) in [6.07, 6.45) is 3.81. The van der Waals surface area contributed by atoms with E-state index in [4.69, 9.17) is 17.3 Å². The van der Waals surface area contributed by atoms with Crippen LogP contribution in [0.5, 0.6) is 0 Å². The minimum atomic E-state index is 0.508. The summed E-state index contributed by atoms with van der Waals surface area (Å²) in [5.41, 5.74) is 7.38.